The third-order valence-electron chi connectivity index (χ3n) is 3.89. The average molecular weight is 360 g/mol. The number of primary amides is 1. The molecule has 2 rings (SSSR count). The molecule has 25 heavy (non-hydrogen) atoms. The lowest BCUT2D eigenvalue weighted by molar-refractivity contribution is -0.274. The van der Waals surface area contributed by atoms with Crippen molar-refractivity contribution in [1.29, 1.82) is 0 Å². The lowest BCUT2D eigenvalue weighted by Gasteiger charge is -2.37. The number of carbonyl (C=O) groups is 2. The average Bonchev–Trinajstić information content (AvgIpc) is 2.47. The van der Waals surface area contributed by atoms with E-state index in [9.17, 15) is 22.8 Å². The fraction of sp³-hybridized carbons (Fsp3) is 0.500. The zero-order chi connectivity index (χ0) is 18.5. The van der Waals surface area contributed by atoms with E-state index in [0.29, 0.717) is 31.6 Å². The number of rotatable bonds is 6. The molecule has 0 aliphatic carbocycles. The summed E-state index contributed by atoms with van der Waals surface area (Å²) in [5, 5.41) is 2.83. The van der Waals surface area contributed by atoms with Crippen molar-refractivity contribution >= 4 is 11.8 Å². The van der Waals surface area contributed by atoms with Crippen molar-refractivity contribution in [2.24, 2.45) is 5.73 Å². The van der Waals surface area contributed by atoms with Gasteiger partial charge >= 0.3 is 6.36 Å². The summed E-state index contributed by atoms with van der Waals surface area (Å²) in [5.41, 5.74) is 5.05. The van der Waals surface area contributed by atoms with Gasteiger partial charge < -0.3 is 20.5 Å². The van der Waals surface area contributed by atoms with Gasteiger partial charge in [-0.05, 0) is 30.5 Å². The van der Waals surface area contributed by atoms with E-state index in [-0.39, 0.29) is 24.5 Å². The predicted molar refractivity (Wildman–Crippen MR) is 81.6 cm³/mol. The monoisotopic (exact) mass is 360 g/mol. The molecular formula is C16H19F3N2O4. The summed E-state index contributed by atoms with van der Waals surface area (Å²) in [4.78, 5) is 23.6. The number of hydrogen-bond donors (Lipinski definition) is 2. The molecule has 138 valence electrons. The highest BCUT2D eigenvalue weighted by Gasteiger charge is 2.35. The molecule has 0 aromatic heterocycles. The molecule has 1 aliphatic heterocycles. The second-order valence-electron chi connectivity index (χ2n) is 5.95. The van der Waals surface area contributed by atoms with Gasteiger partial charge in [-0.15, -0.1) is 13.2 Å². The summed E-state index contributed by atoms with van der Waals surface area (Å²) >= 11 is 0. The fourth-order valence-corrected chi connectivity index (χ4v) is 2.78. The Kier molecular flexibility index (Phi) is 5.89. The maximum atomic E-state index is 12.3. The number of benzene rings is 1. The quantitative estimate of drug-likeness (QED) is 0.807. The second kappa shape index (κ2) is 7.73. The first kappa shape index (κ1) is 19.0. The first-order chi connectivity index (χ1) is 11.7. The van der Waals surface area contributed by atoms with Crippen LogP contribution in [0.3, 0.4) is 0 Å². The second-order valence-corrected chi connectivity index (χ2v) is 5.95. The summed E-state index contributed by atoms with van der Waals surface area (Å²) in [7, 11) is 0. The number of ether oxygens (including phenoxy) is 2. The summed E-state index contributed by atoms with van der Waals surface area (Å²) < 4.78 is 45.4. The standard InChI is InChI=1S/C16H19F3N2O4/c17-16(18,19)25-12-3-1-11(2-4-12)9-14(23)21-15(10-13(20)22)5-7-24-8-6-15/h1-4H,5-10H2,(H2,20,22)(H,21,23). The van der Waals surface area contributed by atoms with Crippen molar-refractivity contribution in [3.8, 4) is 5.75 Å². The summed E-state index contributed by atoms with van der Waals surface area (Å²) in [6, 6.07) is 5.05. The molecule has 1 fully saturated rings. The van der Waals surface area contributed by atoms with Crippen LogP contribution in [0.5, 0.6) is 5.75 Å². The Morgan fingerprint density at radius 2 is 1.80 bits per heavy atom. The molecule has 1 aromatic carbocycles. The molecule has 0 spiro atoms. The summed E-state index contributed by atoms with van der Waals surface area (Å²) in [6.45, 7) is 0.827. The molecule has 0 unspecified atom stereocenters. The maximum Gasteiger partial charge on any atom is 0.573 e. The van der Waals surface area contributed by atoms with Gasteiger partial charge in [-0.1, -0.05) is 12.1 Å². The van der Waals surface area contributed by atoms with Crippen LogP contribution in [-0.4, -0.2) is 36.9 Å². The molecule has 6 nitrogen and oxygen atoms in total. The van der Waals surface area contributed by atoms with E-state index in [2.05, 4.69) is 10.1 Å². The van der Waals surface area contributed by atoms with Crippen molar-refractivity contribution in [1.82, 2.24) is 5.32 Å². The van der Waals surface area contributed by atoms with E-state index in [4.69, 9.17) is 10.5 Å². The van der Waals surface area contributed by atoms with Gasteiger partial charge in [0, 0.05) is 19.6 Å². The highest BCUT2D eigenvalue weighted by Crippen LogP contribution is 2.25. The van der Waals surface area contributed by atoms with Crippen LogP contribution in [0.4, 0.5) is 13.2 Å². The SMILES string of the molecule is NC(=O)CC1(NC(=O)Cc2ccc(OC(F)(F)F)cc2)CCOCC1. The molecule has 3 N–H and O–H groups in total. The van der Waals surface area contributed by atoms with Crippen LogP contribution >= 0.6 is 0 Å². The maximum absolute atomic E-state index is 12.3. The minimum atomic E-state index is -4.76. The van der Waals surface area contributed by atoms with Crippen LogP contribution in [0.25, 0.3) is 0 Å². The molecular weight excluding hydrogens is 341 g/mol. The molecule has 0 saturated carbocycles. The number of hydrogen-bond acceptors (Lipinski definition) is 4. The predicted octanol–water partition coefficient (Wildman–Crippen LogP) is 1.67. The van der Waals surface area contributed by atoms with Gasteiger partial charge in [0.15, 0.2) is 0 Å². The first-order valence-corrected chi connectivity index (χ1v) is 7.69. The number of nitrogens with one attached hydrogen (secondary N) is 1. The Morgan fingerprint density at radius 3 is 2.32 bits per heavy atom. The van der Waals surface area contributed by atoms with Gasteiger partial charge in [-0.3, -0.25) is 9.59 Å². The number of halogens is 3. The third-order valence-corrected chi connectivity index (χ3v) is 3.89. The molecule has 1 heterocycles. The minimum Gasteiger partial charge on any atom is -0.406 e. The van der Waals surface area contributed by atoms with E-state index < -0.39 is 17.8 Å². The Labute approximate surface area is 142 Å². The lowest BCUT2D eigenvalue weighted by atomic mass is 9.86. The lowest BCUT2D eigenvalue weighted by Crippen LogP contribution is -2.54. The normalized spacial score (nSPS) is 16.9. The van der Waals surface area contributed by atoms with Gasteiger partial charge in [-0.25, -0.2) is 0 Å². The molecule has 0 bridgehead atoms. The van der Waals surface area contributed by atoms with Crippen LogP contribution in [0.15, 0.2) is 24.3 Å². The number of amides is 2. The van der Waals surface area contributed by atoms with E-state index in [0.717, 1.165) is 12.1 Å². The van der Waals surface area contributed by atoms with Gasteiger partial charge in [0.05, 0.1) is 12.0 Å². The van der Waals surface area contributed by atoms with Crippen molar-refractivity contribution in [3.63, 3.8) is 0 Å². The van der Waals surface area contributed by atoms with E-state index in [1.807, 2.05) is 0 Å². The molecule has 2 amide bonds. The van der Waals surface area contributed by atoms with E-state index in [1.54, 1.807) is 0 Å². The van der Waals surface area contributed by atoms with Crippen LogP contribution < -0.4 is 15.8 Å². The zero-order valence-electron chi connectivity index (χ0n) is 13.4. The molecule has 9 heteroatoms. The Morgan fingerprint density at radius 1 is 1.20 bits per heavy atom. The van der Waals surface area contributed by atoms with Crippen LogP contribution in [0, 0.1) is 0 Å². The molecule has 1 aliphatic rings. The van der Waals surface area contributed by atoms with Gasteiger partial charge in [0.25, 0.3) is 0 Å². The van der Waals surface area contributed by atoms with Crippen molar-refractivity contribution in [2.45, 2.75) is 37.6 Å². The number of nitrogens with two attached hydrogens (primary N) is 1. The Hall–Kier alpha value is -2.29. The van der Waals surface area contributed by atoms with Gasteiger partial charge in [0.1, 0.15) is 5.75 Å². The molecule has 1 saturated heterocycles. The summed E-state index contributed by atoms with van der Waals surface area (Å²) in [6.07, 6.45) is -3.84. The van der Waals surface area contributed by atoms with Crippen LogP contribution in [-0.2, 0) is 20.7 Å². The first-order valence-electron chi connectivity index (χ1n) is 7.69. The third kappa shape index (κ3) is 6.26. The van der Waals surface area contributed by atoms with E-state index >= 15 is 0 Å². The van der Waals surface area contributed by atoms with Gasteiger partial charge in [-0.2, -0.15) is 0 Å². The van der Waals surface area contributed by atoms with Crippen LogP contribution in [0.2, 0.25) is 0 Å². The van der Waals surface area contributed by atoms with Crippen LogP contribution in [0.1, 0.15) is 24.8 Å². The van der Waals surface area contributed by atoms with E-state index in [1.165, 1.54) is 12.1 Å². The van der Waals surface area contributed by atoms with Crippen molar-refractivity contribution in [3.05, 3.63) is 29.8 Å². The Balaban J connectivity index is 1.97. The molecule has 0 atom stereocenters. The molecule has 0 radical (unpaired) electrons. The Bertz CT molecular complexity index is 611. The highest BCUT2D eigenvalue weighted by molar-refractivity contribution is 5.81. The minimum absolute atomic E-state index is 0.0143. The summed E-state index contributed by atoms with van der Waals surface area (Å²) in [5.74, 6) is -1.21. The van der Waals surface area contributed by atoms with Crippen molar-refractivity contribution < 1.29 is 32.2 Å². The zero-order valence-corrected chi connectivity index (χ0v) is 13.4. The fourth-order valence-electron chi connectivity index (χ4n) is 2.78. The highest BCUT2D eigenvalue weighted by atomic mass is 19.4. The van der Waals surface area contributed by atoms with Gasteiger partial charge in [0.2, 0.25) is 11.8 Å². The number of carbonyl (C=O) groups excluding carboxylic acids is 2. The topological polar surface area (TPSA) is 90.7 Å². The number of alkyl halides is 3. The van der Waals surface area contributed by atoms with Crippen molar-refractivity contribution in [2.75, 3.05) is 13.2 Å². The largest absolute Gasteiger partial charge is 0.573 e. The molecule has 1 aromatic rings. The smallest absolute Gasteiger partial charge is 0.406 e.